The van der Waals surface area contributed by atoms with Crippen LogP contribution in [0.15, 0.2) is 77.7 Å². The van der Waals surface area contributed by atoms with E-state index >= 15 is 0 Å². The van der Waals surface area contributed by atoms with Gasteiger partial charge in [0, 0.05) is 41.6 Å². The summed E-state index contributed by atoms with van der Waals surface area (Å²) in [5, 5.41) is 1.85. The largest absolute Gasteiger partial charge is 0.472 e. The third kappa shape index (κ3) is 4.73. The van der Waals surface area contributed by atoms with Crippen LogP contribution in [0.2, 0.25) is 0 Å². The highest BCUT2D eigenvalue weighted by atomic mass is 79.9. The maximum Gasteiger partial charge on any atom is 0.472 e. The van der Waals surface area contributed by atoms with Gasteiger partial charge in [0.2, 0.25) is 0 Å². The summed E-state index contributed by atoms with van der Waals surface area (Å²) < 4.78 is 39.7. The minimum absolute atomic E-state index is 0.0976. The van der Waals surface area contributed by atoms with Crippen molar-refractivity contribution in [2.75, 3.05) is 18.0 Å². The number of aromatic nitrogens is 2. The smallest absolute Gasteiger partial charge is 0.364 e. The van der Waals surface area contributed by atoms with Gasteiger partial charge in [-0.15, -0.1) is 0 Å². The molecule has 0 fully saturated rings. The van der Waals surface area contributed by atoms with Crippen molar-refractivity contribution >= 4 is 44.2 Å². The number of nitrogens with zero attached hydrogens (tertiary/aromatic N) is 4. The van der Waals surface area contributed by atoms with Crippen LogP contribution in [-0.2, 0) is 13.1 Å². The maximum absolute atomic E-state index is 13.6. The fourth-order valence-electron chi connectivity index (χ4n) is 4.45. The lowest BCUT2D eigenvalue weighted by Gasteiger charge is -2.24. The molecule has 4 aromatic rings. The van der Waals surface area contributed by atoms with Gasteiger partial charge in [-0.1, -0.05) is 52.3 Å². The minimum atomic E-state index is -4.98. The average molecular weight is 557 g/mol. The number of anilines is 1. The van der Waals surface area contributed by atoms with Crippen molar-refractivity contribution in [2.24, 2.45) is 0 Å². The lowest BCUT2D eigenvalue weighted by atomic mass is 10.0. The fraction of sp³-hybridized carbons (Fsp3) is 0.192. The van der Waals surface area contributed by atoms with Crippen molar-refractivity contribution in [3.8, 4) is 0 Å². The molecule has 0 atom stereocenters. The van der Waals surface area contributed by atoms with E-state index in [9.17, 15) is 22.8 Å². The van der Waals surface area contributed by atoms with E-state index in [2.05, 4.69) is 20.9 Å². The third-order valence-electron chi connectivity index (χ3n) is 6.16. The third-order valence-corrected chi connectivity index (χ3v) is 6.65. The number of rotatable bonds is 3. The molecule has 5 rings (SSSR count). The number of fused-ring (bicyclic) bond motifs is 2. The average Bonchev–Trinajstić information content (AvgIpc) is 3.24. The number of benzene rings is 3. The number of halogens is 4. The Balaban J connectivity index is 1.43. The van der Waals surface area contributed by atoms with Crippen LogP contribution >= 0.6 is 15.9 Å². The SMILES string of the molecule is O=C(c1cccc2ccccc12)N1CCN(Cc2cn(C(=O)C(F)(F)F)cn2)c2ccc(Br)cc2C1. The molecule has 0 bridgehead atoms. The summed E-state index contributed by atoms with van der Waals surface area (Å²) in [7, 11) is 0. The zero-order valence-corrected chi connectivity index (χ0v) is 20.5. The number of alkyl halides is 3. The molecule has 0 N–H and O–H groups in total. The van der Waals surface area contributed by atoms with Crippen LogP contribution in [0.1, 0.15) is 26.4 Å². The number of carbonyl (C=O) groups is 2. The van der Waals surface area contributed by atoms with Gasteiger partial charge in [0.1, 0.15) is 6.33 Å². The number of carbonyl (C=O) groups excluding carboxylic acids is 2. The van der Waals surface area contributed by atoms with Gasteiger partial charge in [-0.05, 0) is 40.6 Å². The Morgan fingerprint density at radius 3 is 2.58 bits per heavy atom. The zero-order valence-electron chi connectivity index (χ0n) is 18.9. The molecule has 10 heteroatoms. The van der Waals surface area contributed by atoms with E-state index in [1.165, 1.54) is 0 Å². The van der Waals surface area contributed by atoms with Gasteiger partial charge in [0.15, 0.2) is 0 Å². The normalized spacial score (nSPS) is 14.0. The summed E-state index contributed by atoms with van der Waals surface area (Å²) in [6.07, 6.45) is -3.01. The van der Waals surface area contributed by atoms with Gasteiger partial charge < -0.3 is 9.80 Å². The predicted molar refractivity (Wildman–Crippen MR) is 133 cm³/mol. The highest BCUT2D eigenvalue weighted by molar-refractivity contribution is 9.10. The van der Waals surface area contributed by atoms with Crippen molar-refractivity contribution < 1.29 is 22.8 Å². The molecule has 1 aromatic heterocycles. The van der Waals surface area contributed by atoms with E-state index in [0.29, 0.717) is 35.5 Å². The Morgan fingerprint density at radius 1 is 1.00 bits per heavy atom. The molecule has 0 saturated carbocycles. The molecule has 0 unspecified atom stereocenters. The van der Waals surface area contributed by atoms with Crippen LogP contribution < -0.4 is 4.90 Å². The van der Waals surface area contributed by atoms with Crippen LogP contribution in [0.5, 0.6) is 0 Å². The summed E-state index contributed by atoms with van der Waals surface area (Å²) >= 11 is 3.49. The van der Waals surface area contributed by atoms with Crippen LogP contribution in [0.25, 0.3) is 10.8 Å². The first-order valence-corrected chi connectivity index (χ1v) is 11.9. The fourth-order valence-corrected chi connectivity index (χ4v) is 4.86. The van der Waals surface area contributed by atoms with Gasteiger partial charge in [-0.2, -0.15) is 13.2 Å². The minimum Gasteiger partial charge on any atom is -0.364 e. The Labute approximate surface area is 213 Å². The van der Waals surface area contributed by atoms with Crippen molar-refractivity contribution in [1.29, 1.82) is 0 Å². The van der Waals surface area contributed by atoms with E-state index in [0.717, 1.165) is 39.0 Å². The zero-order chi connectivity index (χ0) is 25.4. The quantitative estimate of drug-likeness (QED) is 0.326. The van der Waals surface area contributed by atoms with Crippen molar-refractivity contribution in [2.45, 2.75) is 19.3 Å². The molecule has 6 nitrogen and oxygen atoms in total. The molecule has 2 heterocycles. The summed E-state index contributed by atoms with van der Waals surface area (Å²) in [4.78, 5) is 32.9. The lowest BCUT2D eigenvalue weighted by Crippen LogP contribution is -2.35. The Kier molecular flexibility index (Phi) is 6.29. The second kappa shape index (κ2) is 9.42. The number of imidazole rings is 1. The van der Waals surface area contributed by atoms with Crippen LogP contribution in [0.4, 0.5) is 18.9 Å². The Bertz CT molecular complexity index is 1460. The highest BCUT2D eigenvalue weighted by Gasteiger charge is 2.40. The first-order valence-electron chi connectivity index (χ1n) is 11.2. The highest BCUT2D eigenvalue weighted by Crippen LogP contribution is 2.31. The van der Waals surface area contributed by atoms with Crippen molar-refractivity contribution in [3.63, 3.8) is 0 Å². The van der Waals surface area contributed by atoms with E-state index in [1.807, 2.05) is 65.6 Å². The Hall–Kier alpha value is -3.66. The second-order valence-corrected chi connectivity index (χ2v) is 9.44. The van der Waals surface area contributed by atoms with Gasteiger partial charge >= 0.3 is 12.1 Å². The van der Waals surface area contributed by atoms with Crippen molar-refractivity contribution in [3.05, 3.63) is 94.5 Å². The van der Waals surface area contributed by atoms with Gasteiger partial charge in [-0.25, -0.2) is 4.98 Å². The number of hydrogen-bond donors (Lipinski definition) is 0. The van der Waals surface area contributed by atoms with E-state index in [4.69, 9.17) is 0 Å². The molecule has 1 amide bonds. The molecule has 3 aromatic carbocycles. The van der Waals surface area contributed by atoms with E-state index in [1.54, 1.807) is 4.90 Å². The Morgan fingerprint density at radius 2 is 1.78 bits per heavy atom. The molecule has 1 aliphatic heterocycles. The molecular weight excluding hydrogens is 537 g/mol. The summed E-state index contributed by atoms with van der Waals surface area (Å²) in [5.74, 6) is -2.09. The van der Waals surface area contributed by atoms with Crippen LogP contribution in [0, 0.1) is 0 Å². The molecule has 1 aliphatic rings. The number of hydrogen-bond acceptors (Lipinski definition) is 4. The topological polar surface area (TPSA) is 58.4 Å². The summed E-state index contributed by atoms with van der Waals surface area (Å²) in [6, 6.07) is 19.1. The predicted octanol–water partition coefficient (Wildman–Crippen LogP) is 5.66. The molecule has 0 radical (unpaired) electrons. The molecular formula is C26H20BrF3N4O2. The van der Waals surface area contributed by atoms with Crippen LogP contribution in [0.3, 0.4) is 0 Å². The molecule has 36 heavy (non-hydrogen) atoms. The molecule has 0 spiro atoms. The van der Waals surface area contributed by atoms with E-state index < -0.39 is 12.1 Å². The monoisotopic (exact) mass is 556 g/mol. The summed E-state index contributed by atoms with van der Waals surface area (Å²) in [6.45, 7) is 1.39. The first-order chi connectivity index (χ1) is 17.2. The first kappa shape index (κ1) is 24.1. The molecule has 184 valence electrons. The molecule has 0 saturated heterocycles. The van der Waals surface area contributed by atoms with Crippen molar-refractivity contribution in [1.82, 2.24) is 14.5 Å². The van der Waals surface area contributed by atoms with Gasteiger partial charge in [-0.3, -0.25) is 14.2 Å². The van der Waals surface area contributed by atoms with Gasteiger partial charge in [0.05, 0.1) is 12.2 Å². The number of amides is 1. The van der Waals surface area contributed by atoms with E-state index in [-0.39, 0.29) is 12.5 Å². The van der Waals surface area contributed by atoms with Gasteiger partial charge in [0.25, 0.3) is 5.91 Å². The maximum atomic E-state index is 13.6. The van der Waals surface area contributed by atoms with Crippen LogP contribution in [-0.4, -0.2) is 45.5 Å². The molecule has 0 aliphatic carbocycles. The lowest BCUT2D eigenvalue weighted by molar-refractivity contribution is -0.0946. The standard InChI is InChI=1S/C26H20BrF3N4O2/c27-19-8-9-23-18(12-19)13-33(24(35)22-7-3-5-17-4-1-2-6-21(17)22)11-10-32(23)14-20-15-34(16-31-20)25(36)26(28,29)30/h1-9,12,15-16H,10-11,13-14H2. The second-order valence-electron chi connectivity index (χ2n) is 8.52. The summed E-state index contributed by atoms with van der Waals surface area (Å²) in [5.41, 5.74) is 2.67.